The minimum absolute atomic E-state index is 0.796. The highest BCUT2D eigenvalue weighted by Gasteiger charge is 1.99. The van der Waals surface area contributed by atoms with E-state index in [4.69, 9.17) is 0 Å². The summed E-state index contributed by atoms with van der Waals surface area (Å²) in [4.78, 5) is 4.05. The first-order valence-electron chi connectivity index (χ1n) is 4.48. The van der Waals surface area contributed by atoms with E-state index < -0.39 is 0 Å². The minimum Gasteiger partial charge on any atom is -0.264 e. The van der Waals surface area contributed by atoms with Crippen LogP contribution in [0.1, 0.15) is 11.4 Å². The third-order valence-electron chi connectivity index (χ3n) is 2.05. The zero-order chi connectivity index (χ0) is 9.80. The Bertz CT molecular complexity index is 395. The van der Waals surface area contributed by atoms with Crippen LogP contribution in [0.3, 0.4) is 0 Å². The molecule has 0 bridgehead atoms. The van der Waals surface area contributed by atoms with Crippen LogP contribution in [0.5, 0.6) is 0 Å². The van der Waals surface area contributed by atoms with Crippen LogP contribution < -0.4 is 0 Å². The monoisotopic (exact) mass is 189 g/mol. The SMILES string of the molecule is Cc1nnnn1CCc1cccnc1. The Morgan fingerprint density at radius 3 is 3.00 bits per heavy atom. The number of rotatable bonds is 3. The maximum absolute atomic E-state index is 4.05. The summed E-state index contributed by atoms with van der Waals surface area (Å²) in [5.74, 6) is 0.842. The second-order valence-corrected chi connectivity index (χ2v) is 3.06. The fraction of sp³-hybridized carbons (Fsp3) is 0.333. The molecule has 0 saturated heterocycles. The highest BCUT2D eigenvalue weighted by atomic mass is 15.5. The lowest BCUT2D eigenvalue weighted by atomic mass is 10.2. The van der Waals surface area contributed by atoms with Crippen molar-refractivity contribution in [3.63, 3.8) is 0 Å². The average molecular weight is 189 g/mol. The first kappa shape index (κ1) is 8.80. The molecule has 0 fully saturated rings. The molecule has 0 radical (unpaired) electrons. The van der Waals surface area contributed by atoms with E-state index in [1.165, 1.54) is 5.56 Å². The van der Waals surface area contributed by atoms with Crippen LogP contribution in [0.25, 0.3) is 0 Å². The molecule has 0 saturated carbocycles. The van der Waals surface area contributed by atoms with Gasteiger partial charge in [-0.1, -0.05) is 6.07 Å². The maximum atomic E-state index is 4.05. The molecule has 2 heterocycles. The second kappa shape index (κ2) is 3.95. The Balaban J connectivity index is 1.99. The van der Waals surface area contributed by atoms with Gasteiger partial charge in [0.1, 0.15) is 5.82 Å². The molecule has 0 N–H and O–H groups in total. The third kappa shape index (κ3) is 1.93. The lowest BCUT2D eigenvalue weighted by molar-refractivity contribution is 0.575. The molecule has 5 heteroatoms. The summed E-state index contributed by atoms with van der Waals surface area (Å²) in [6, 6.07) is 3.98. The Kier molecular flexibility index (Phi) is 2.48. The number of aromatic nitrogens is 5. The van der Waals surface area contributed by atoms with Gasteiger partial charge in [0.2, 0.25) is 0 Å². The van der Waals surface area contributed by atoms with Gasteiger partial charge in [-0.05, 0) is 35.4 Å². The molecule has 2 rings (SSSR count). The molecular formula is C9H11N5. The summed E-state index contributed by atoms with van der Waals surface area (Å²) >= 11 is 0. The number of nitrogens with zero attached hydrogens (tertiary/aromatic N) is 5. The zero-order valence-electron chi connectivity index (χ0n) is 7.96. The van der Waals surface area contributed by atoms with Crippen molar-refractivity contribution in [3.05, 3.63) is 35.9 Å². The van der Waals surface area contributed by atoms with Gasteiger partial charge in [-0.25, -0.2) is 4.68 Å². The van der Waals surface area contributed by atoms with Crippen molar-refractivity contribution in [1.29, 1.82) is 0 Å². The van der Waals surface area contributed by atoms with E-state index in [1.807, 2.05) is 25.3 Å². The summed E-state index contributed by atoms with van der Waals surface area (Å²) in [6.07, 6.45) is 4.53. The normalized spacial score (nSPS) is 10.4. The topological polar surface area (TPSA) is 56.5 Å². The predicted molar refractivity (Wildman–Crippen MR) is 50.5 cm³/mol. The number of pyridine rings is 1. The fourth-order valence-electron chi connectivity index (χ4n) is 1.24. The van der Waals surface area contributed by atoms with Gasteiger partial charge in [0.25, 0.3) is 0 Å². The number of aryl methyl sites for hydroxylation is 3. The van der Waals surface area contributed by atoms with Crippen LogP contribution >= 0.6 is 0 Å². The smallest absolute Gasteiger partial charge is 0.148 e. The lowest BCUT2D eigenvalue weighted by Gasteiger charge is -2.00. The van der Waals surface area contributed by atoms with Crippen molar-refractivity contribution in [2.24, 2.45) is 0 Å². The lowest BCUT2D eigenvalue weighted by Crippen LogP contribution is -2.05. The maximum Gasteiger partial charge on any atom is 0.148 e. The number of hydrogen-bond donors (Lipinski definition) is 0. The number of tetrazole rings is 1. The molecule has 14 heavy (non-hydrogen) atoms. The first-order valence-corrected chi connectivity index (χ1v) is 4.48. The summed E-state index contributed by atoms with van der Waals surface area (Å²) < 4.78 is 1.78. The van der Waals surface area contributed by atoms with E-state index in [2.05, 4.69) is 20.5 Å². The van der Waals surface area contributed by atoms with Crippen molar-refractivity contribution < 1.29 is 0 Å². The van der Waals surface area contributed by atoms with Gasteiger partial charge in [-0.15, -0.1) is 5.10 Å². The van der Waals surface area contributed by atoms with Gasteiger partial charge in [-0.3, -0.25) is 4.98 Å². The van der Waals surface area contributed by atoms with Crippen LogP contribution in [0, 0.1) is 6.92 Å². The third-order valence-corrected chi connectivity index (χ3v) is 2.05. The van der Waals surface area contributed by atoms with Gasteiger partial charge in [-0.2, -0.15) is 0 Å². The Hall–Kier alpha value is -1.78. The first-order chi connectivity index (χ1) is 6.86. The molecular weight excluding hydrogens is 178 g/mol. The number of hydrogen-bond acceptors (Lipinski definition) is 4. The molecule has 0 unspecified atom stereocenters. The molecule has 72 valence electrons. The second-order valence-electron chi connectivity index (χ2n) is 3.06. The van der Waals surface area contributed by atoms with E-state index >= 15 is 0 Å². The summed E-state index contributed by atoms with van der Waals surface area (Å²) in [6.45, 7) is 2.69. The highest BCUT2D eigenvalue weighted by Crippen LogP contribution is 1.99. The van der Waals surface area contributed by atoms with Crippen molar-refractivity contribution in [2.75, 3.05) is 0 Å². The largest absolute Gasteiger partial charge is 0.264 e. The molecule has 0 amide bonds. The van der Waals surface area contributed by atoms with E-state index in [9.17, 15) is 0 Å². The molecule has 2 aromatic rings. The molecule has 5 nitrogen and oxygen atoms in total. The molecule has 0 aromatic carbocycles. The summed E-state index contributed by atoms with van der Waals surface area (Å²) in [7, 11) is 0. The standard InChI is InChI=1S/C9H11N5/c1-8-11-12-13-14(8)6-4-9-3-2-5-10-7-9/h2-3,5,7H,4,6H2,1H3. The van der Waals surface area contributed by atoms with E-state index in [1.54, 1.807) is 10.9 Å². The highest BCUT2D eigenvalue weighted by molar-refractivity contribution is 5.08. The Morgan fingerprint density at radius 1 is 1.43 bits per heavy atom. The minimum atomic E-state index is 0.796. The van der Waals surface area contributed by atoms with Crippen molar-refractivity contribution in [3.8, 4) is 0 Å². The van der Waals surface area contributed by atoms with Crippen molar-refractivity contribution in [2.45, 2.75) is 19.9 Å². The van der Waals surface area contributed by atoms with Crippen LogP contribution in [0.4, 0.5) is 0 Å². The zero-order valence-corrected chi connectivity index (χ0v) is 7.96. The van der Waals surface area contributed by atoms with Gasteiger partial charge in [0, 0.05) is 18.9 Å². The summed E-state index contributed by atoms with van der Waals surface area (Å²) in [5, 5.41) is 11.3. The van der Waals surface area contributed by atoms with E-state index in [0.29, 0.717) is 0 Å². The van der Waals surface area contributed by atoms with Crippen LogP contribution in [-0.4, -0.2) is 25.2 Å². The van der Waals surface area contributed by atoms with Gasteiger partial charge < -0.3 is 0 Å². The molecule has 0 aliphatic carbocycles. The van der Waals surface area contributed by atoms with Crippen molar-refractivity contribution in [1.82, 2.24) is 25.2 Å². The van der Waals surface area contributed by atoms with Gasteiger partial charge >= 0.3 is 0 Å². The van der Waals surface area contributed by atoms with Crippen LogP contribution in [-0.2, 0) is 13.0 Å². The molecule has 0 spiro atoms. The predicted octanol–water partition coefficient (Wildman–Crippen LogP) is 0.619. The van der Waals surface area contributed by atoms with Crippen LogP contribution in [0.15, 0.2) is 24.5 Å². The fourth-order valence-corrected chi connectivity index (χ4v) is 1.24. The average Bonchev–Trinajstić information content (AvgIpc) is 2.63. The summed E-state index contributed by atoms with van der Waals surface area (Å²) in [5.41, 5.74) is 1.20. The van der Waals surface area contributed by atoms with Crippen LogP contribution in [0.2, 0.25) is 0 Å². The molecule has 2 aromatic heterocycles. The molecule has 0 atom stereocenters. The Labute approximate surface area is 81.8 Å². The Morgan fingerprint density at radius 2 is 2.36 bits per heavy atom. The van der Waals surface area contributed by atoms with E-state index in [0.717, 1.165) is 18.8 Å². The van der Waals surface area contributed by atoms with Crippen molar-refractivity contribution >= 4 is 0 Å². The quantitative estimate of drug-likeness (QED) is 0.710. The molecule has 0 aliphatic heterocycles. The van der Waals surface area contributed by atoms with Gasteiger partial charge in [0.05, 0.1) is 0 Å². The molecule has 0 aliphatic rings. The van der Waals surface area contributed by atoms with Gasteiger partial charge in [0.15, 0.2) is 0 Å². The van der Waals surface area contributed by atoms with E-state index in [-0.39, 0.29) is 0 Å².